The van der Waals surface area contributed by atoms with Crippen molar-refractivity contribution in [3.05, 3.63) is 41.2 Å². The molecule has 2 heterocycles. The first kappa shape index (κ1) is 20.8. The lowest BCUT2D eigenvalue weighted by Gasteiger charge is -2.30. The highest BCUT2D eigenvalue weighted by Gasteiger charge is 2.31. The number of aromatic nitrogens is 3. The molecule has 0 spiro atoms. The van der Waals surface area contributed by atoms with E-state index in [9.17, 15) is 0 Å². The van der Waals surface area contributed by atoms with Crippen molar-refractivity contribution in [3.63, 3.8) is 0 Å². The topological polar surface area (TPSA) is 44.5 Å². The van der Waals surface area contributed by atoms with Gasteiger partial charge in [0.05, 0.1) is 0 Å². The molecular weight excluding hydrogens is 318 g/mol. The molecule has 0 unspecified atom stereocenters. The maximum Gasteiger partial charge on any atom is 0.111 e. The van der Waals surface area contributed by atoms with Crippen molar-refractivity contribution in [2.45, 2.75) is 104 Å². The molecule has 0 saturated carbocycles. The van der Waals surface area contributed by atoms with E-state index in [2.05, 4.69) is 96.3 Å². The number of aromatic amines is 2. The average Bonchev–Trinajstić information content (AvgIpc) is 3.13. The lowest BCUT2D eigenvalue weighted by Crippen LogP contribution is -2.25. The van der Waals surface area contributed by atoms with Gasteiger partial charge in [-0.05, 0) is 25.0 Å². The van der Waals surface area contributed by atoms with E-state index < -0.39 is 0 Å². The van der Waals surface area contributed by atoms with Crippen LogP contribution < -0.4 is 0 Å². The van der Waals surface area contributed by atoms with Crippen LogP contribution in [0.2, 0.25) is 0 Å². The van der Waals surface area contributed by atoms with Crippen LogP contribution in [-0.2, 0) is 21.7 Å². The Labute approximate surface area is 160 Å². The third kappa shape index (κ3) is 4.61. The second-order valence-corrected chi connectivity index (χ2v) is 11.2. The van der Waals surface area contributed by atoms with Crippen LogP contribution in [-0.4, -0.2) is 15.0 Å². The maximum atomic E-state index is 4.62. The molecule has 0 aliphatic rings. The molecule has 26 heavy (non-hydrogen) atoms. The lowest BCUT2D eigenvalue weighted by molar-refractivity contribution is 0.363. The molecule has 0 aliphatic heterocycles. The van der Waals surface area contributed by atoms with Crippen molar-refractivity contribution in [2.75, 3.05) is 0 Å². The summed E-state index contributed by atoms with van der Waals surface area (Å²) in [5, 5.41) is 0. The second-order valence-electron chi connectivity index (χ2n) is 11.2. The Morgan fingerprint density at radius 2 is 1.15 bits per heavy atom. The maximum absolute atomic E-state index is 4.62. The van der Waals surface area contributed by atoms with Gasteiger partial charge in [-0.1, -0.05) is 69.2 Å². The normalized spacial score (nSPS) is 14.1. The van der Waals surface area contributed by atoms with Crippen molar-refractivity contribution >= 4 is 0 Å². The van der Waals surface area contributed by atoms with E-state index >= 15 is 0 Å². The fraction of sp³-hybridized carbons (Fsp3) is 0.696. The highest BCUT2D eigenvalue weighted by Crippen LogP contribution is 2.36. The summed E-state index contributed by atoms with van der Waals surface area (Å²) < 4.78 is 0. The third-order valence-electron chi connectivity index (χ3n) is 5.61. The van der Waals surface area contributed by atoms with E-state index in [0.29, 0.717) is 0 Å². The predicted octanol–water partition coefficient (Wildman–Crippen LogP) is 6.37. The molecule has 2 N–H and O–H groups in total. The van der Waals surface area contributed by atoms with Gasteiger partial charge in [0.2, 0.25) is 0 Å². The van der Waals surface area contributed by atoms with Crippen LogP contribution >= 0.6 is 0 Å². The van der Waals surface area contributed by atoms with Gasteiger partial charge >= 0.3 is 0 Å². The minimum absolute atomic E-state index is 0.0568. The van der Waals surface area contributed by atoms with Crippen LogP contribution in [0, 0.1) is 0 Å². The smallest absolute Gasteiger partial charge is 0.111 e. The van der Waals surface area contributed by atoms with E-state index in [1.165, 1.54) is 17.1 Å². The first-order chi connectivity index (χ1) is 11.6. The van der Waals surface area contributed by atoms with Crippen molar-refractivity contribution in [1.82, 2.24) is 15.0 Å². The van der Waals surface area contributed by atoms with Gasteiger partial charge in [-0.25, -0.2) is 4.98 Å². The van der Waals surface area contributed by atoms with Crippen molar-refractivity contribution in [3.8, 4) is 0 Å². The molecule has 2 rings (SSSR count). The SMILES string of the molecule is CC(C)(C)c1ccc(C(C)(C)CCC(C)(C)c2cnc(C(C)(C)C)[nH]2)[nH]1. The molecular formula is C23H39N3. The minimum Gasteiger partial charge on any atom is -0.361 e. The summed E-state index contributed by atoms with van der Waals surface area (Å²) >= 11 is 0. The number of nitrogens with zero attached hydrogens (tertiary/aromatic N) is 1. The summed E-state index contributed by atoms with van der Waals surface area (Å²) in [4.78, 5) is 11.9. The fourth-order valence-corrected chi connectivity index (χ4v) is 3.17. The Hall–Kier alpha value is -1.51. The first-order valence-electron chi connectivity index (χ1n) is 9.89. The van der Waals surface area contributed by atoms with Gasteiger partial charge in [-0.15, -0.1) is 0 Å². The van der Waals surface area contributed by atoms with Crippen LogP contribution in [0.25, 0.3) is 0 Å². The summed E-state index contributed by atoms with van der Waals surface area (Å²) in [5.41, 5.74) is 4.29. The van der Waals surface area contributed by atoms with Gasteiger partial charge in [0.15, 0.2) is 0 Å². The molecule has 0 aliphatic carbocycles. The van der Waals surface area contributed by atoms with Crippen LogP contribution in [0.1, 0.15) is 105 Å². The van der Waals surface area contributed by atoms with Crippen molar-refractivity contribution in [1.29, 1.82) is 0 Å². The van der Waals surface area contributed by atoms with Crippen LogP contribution in [0.4, 0.5) is 0 Å². The molecule has 0 bridgehead atoms. The standard InChI is InChI=1S/C23H39N3/c1-20(2,3)16-11-12-17(25-16)22(7,8)13-14-23(9,10)18-15-24-19(26-18)21(4,5)6/h11-12,15,25H,13-14H2,1-10H3,(H,24,26). The first-order valence-corrected chi connectivity index (χ1v) is 9.89. The summed E-state index contributed by atoms with van der Waals surface area (Å²) in [5.74, 6) is 1.07. The summed E-state index contributed by atoms with van der Waals surface area (Å²) in [6, 6.07) is 4.51. The highest BCUT2D eigenvalue weighted by atomic mass is 14.9. The molecule has 3 nitrogen and oxygen atoms in total. The third-order valence-corrected chi connectivity index (χ3v) is 5.61. The van der Waals surface area contributed by atoms with E-state index in [4.69, 9.17) is 0 Å². The van der Waals surface area contributed by atoms with Gasteiger partial charge in [-0.2, -0.15) is 0 Å². The summed E-state index contributed by atoms with van der Waals surface area (Å²) in [7, 11) is 0. The fourth-order valence-electron chi connectivity index (χ4n) is 3.17. The number of hydrogen-bond donors (Lipinski definition) is 2. The monoisotopic (exact) mass is 357 g/mol. The number of hydrogen-bond acceptors (Lipinski definition) is 1. The molecule has 0 atom stereocenters. The highest BCUT2D eigenvalue weighted by molar-refractivity contribution is 5.25. The second kappa shape index (κ2) is 6.58. The predicted molar refractivity (Wildman–Crippen MR) is 112 cm³/mol. The molecule has 0 fully saturated rings. The van der Waals surface area contributed by atoms with Gasteiger partial charge in [0, 0.05) is 44.9 Å². The number of rotatable bonds is 5. The zero-order chi connectivity index (χ0) is 20.0. The molecule has 146 valence electrons. The molecule has 2 aromatic rings. The molecule has 0 amide bonds. The Balaban J connectivity index is 2.12. The summed E-state index contributed by atoms with van der Waals surface area (Å²) in [6.07, 6.45) is 4.25. The van der Waals surface area contributed by atoms with E-state index in [1.54, 1.807) is 0 Å². The van der Waals surface area contributed by atoms with Gasteiger partial charge in [0.1, 0.15) is 5.82 Å². The van der Waals surface area contributed by atoms with Crippen LogP contribution in [0.5, 0.6) is 0 Å². The minimum atomic E-state index is 0.0568. The Morgan fingerprint density at radius 3 is 1.58 bits per heavy atom. The van der Waals surface area contributed by atoms with Crippen molar-refractivity contribution in [2.24, 2.45) is 0 Å². The van der Waals surface area contributed by atoms with Gasteiger partial charge < -0.3 is 9.97 Å². The molecule has 0 radical (unpaired) electrons. The summed E-state index contributed by atoms with van der Waals surface area (Å²) in [6.45, 7) is 22.7. The average molecular weight is 358 g/mol. The number of nitrogens with one attached hydrogen (secondary N) is 2. The lowest BCUT2D eigenvalue weighted by atomic mass is 9.76. The van der Waals surface area contributed by atoms with E-state index in [0.717, 1.165) is 18.7 Å². The van der Waals surface area contributed by atoms with Gasteiger partial charge in [0.25, 0.3) is 0 Å². The van der Waals surface area contributed by atoms with Crippen LogP contribution in [0.3, 0.4) is 0 Å². The zero-order valence-corrected chi connectivity index (χ0v) is 18.6. The molecule has 2 aromatic heterocycles. The van der Waals surface area contributed by atoms with Crippen LogP contribution in [0.15, 0.2) is 18.3 Å². The zero-order valence-electron chi connectivity index (χ0n) is 18.6. The molecule has 3 heteroatoms. The molecule has 0 saturated heterocycles. The number of H-pyrrole nitrogens is 2. The van der Waals surface area contributed by atoms with Gasteiger partial charge in [-0.3, -0.25) is 0 Å². The Bertz CT molecular complexity index is 666. The largest absolute Gasteiger partial charge is 0.361 e. The Morgan fingerprint density at radius 1 is 0.654 bits per heavy atom. The van der Waals surface area contributed by atoms with E-state index in [-0.39, 0.29) is 21.7 Å². The number of imidazole rings is 1. The Kier molecular flexibility index (Phi) is 5.26. The van der Waals surface area contributed by atoms with E-state index in [1.807, 2.05) is 6.20 Å². The van der Waals surface area contributed by atoms with Crippen molar-refractivity contribution < 1.29 is 0 Å². The quantitative estimate of drug-likeness (QED) is 0.641. The molecule has 0 aromatic carbocycles.